The summed E-state index contributed by atoms with van der Waals surface area (Å²) in [5.41, 5.74) is 2.69. The molecule has 204 valence electrons. The summed E-state index contributed by atoms with van der Waals surface area (Å²) < 4.78 is 22.1. The number of carbonyl (C=O) groups excluding carboxylic acids is 1. The zero-order chi connectivity index (χ0) is 27.6. The first-order valence-electron chi connectivity index (χ1n) is 13.0. The van der Waals surface area contributed by atoms with Crippen LogP contribution >= 0.6 is 0 Å². The van der Waals surface area contributed by atoms with Crippen LogP contribution < -0.4 is 18.9 Å². The zero-order valence-corrected chi connectivity index (χ0v) is 22.7. The van der Waals surface area contributed by atoms with Crippen molar-refractivity contribution in [3.8, 4) is 28.7 Å². The molecule has 0 aliphatic carbocycles. The molecule has 7 heteroatoms. The molecule has 7 nitrogen and oxygen atoms in total. The first kappa shape index (κ1) is 27.8. The Balaban J connectivity index is 1.51. The van der Waals surface area contributed by atoms with E-state index in [1.807, 2.05) is 42.5 Å². The number of nitrogens with zero attached hydrogens (tertiary/aromatic N) is 1. The van der Waals surface area contributed by atoms with Gasteiger partial charge in [-0.15, -0.1) is 0 Å². The van der Waals surface area contributed by atoms with E-state index in [-0.39, 0.29) is 17.1 Å². The summed E-state index contributed by atoms with van der Waals surface area (Å²) in [4.78, 5) is 15.3. The van der Waals surface area contributed by atoms with Crippen LogP contribution in [-0.4, -0.2) is 63.4 Å². The van der Waals surface area contributed by atoms with Crippen molar-refractivity contribution in [2.75, 3.05) is 47.6 Å². The number of phenolic OH excluding ortho intramolecular Hbond substituents is 1. The van der Waals surface area contributed by atoms with E-state index in [2.05, 4.69) is 4.90 Å². The minimum atomic E-state index is -0.344. The maximum atomic E-state index is 12.8. The number of allylic oxidation sites excluding steroid dienone is 1. The van der Waals surface area contributed by atoms with Gasteiger partial charge in [-0.05, 0) is 79.5 Å². The molecule has 0 atom stereocenters. The second kappa shape index (κ2) is 13.5. The number of carbonyl (C=O) groups is 1. The predicted molar refractivity (Wildman–Crippen MR) is 154 cm³/mol. The average molecular weight is 530 g/mol. The van der Waals surface area contributed by atoms with Crippen molar-refractivity contribution >= 4 is 24.0 Å². The topological polar surface area (TPSA) is 77.5 Å². The smallest absolute Gasteiger partial charge is 0.189 e. The summed E-state index contributed by atoms with van der Waals surface area (Å²) in [5.74, 6) is 2.01. The van der Waals surface area contributed by atoms with Crippen LogP contribution in [0.15, 0.2) is 60.7 Å². The average Bonchev–Trinajstić information content (AvgIpc) is 3.48. The Kier molecular flexibility index (Phi) is 9.64. The van der Waals surface area contributed by atoms with Gasteiger partial charge >= 0.3 is 0 Å². The van der Waals surface area contributed by atoms with E-state index in [0.717, 1.165) is 36.5 Å². The molecule has 3 aromatic carbocycles. The lowest BCUT2D eigenvalue weighted by atomic mass is 10.0. The molecule has 0 bridgehead atoms. The van der Waals surface area contributed by atoms with Gasteiger partial charge < -0.3 is 24.1 Å². The van der Waals surface area contributed by atoms with Gasteiger partial charge in [0.25, 0.3) is 0 Å². The molecule has 0 spiro atoms. The summed E-state index contributed by atoms with van der Waals surface area (Å²) in [7, 11) is 4.66. The summed E-state index contributed by atoms with van der Waals surface area (Å²) in [6.45, 7) is 3.96. The molecule has 4 rings (SSSR count). The van der Waals surface area contributed by atoms with Crippen molar-refractivity contribution < 1.29 is 28.8 Å². The van der Waals surface area contributed by atoms with Crippen LogP contribution in [0.4, 0.5) is 0 Å². The van der Waals surface area contributed by atoms with Crippen LogP contribution in [0.3, 0.4) is 0 Å². The number of likely N-dealkylation sites (tertiary alicyclic amines) is 1. The Labute approximate surface area is 229 Å². The van der Waals surface area contributed by atoms with Crippen LogP contribution in [0.2, 0.25) is 0 Å². The number of phenols is 1. The van der Waals surface area contributed by atoms with E-state index in [4.69, 9.17) is 18.9 Å². The zero-order valence-electron chi connectivity index (χ0n) is 22.7. The molecule has 1 saturated heterocycles. The molecule has 3 aromatic rings. The Morgan fingerprint density at radius 1 is 0.846 bits per heavy atom. The monoisotopic (exact) mass is 529 g/mol. The highest BCUT2D eigenvalue weighted by Crippen LogP contribution is 2.32. The maximum Gasteiger partial charge on any atom is 0.189 e. The van der Waals surface area contributed by atoms with E-state index in [1.54, 1.807) is 32.4 Å². The van der Waals surface area contributed by atoms with Gasteiger partial charge in [0.05, 0.1) is 26.9 Å². The van der Waals surface area contributed by atoms with Crippen molar-refractivity contribution in [3.63, 3.8) is 0 Å². The summed E-state index contributed by atoms with van der Waals surface area (Å²) in [5, 5.41) is 10.2. The molecule has 1 aliphatic rings. The molecule has 0 saturated carbocycles. The Morgan fingerprint density at radius 2 is 1.56 bits per heavy atom. The largest absolute Gasteiger partial charge is 0.507 e. The second-order valence-electron chi connectivity index (χ2n) is 9.21. The van der Waals surface area contributed by atoms with E-state index in [0.29, 0.717) is 29.4 Å². The second-order valence-corrected chi connectivity index (χ2v) is 9.21. The fraction of sp³-hybridized carbons (Fsp3) is 0.281. The van der Waals surface area contributed by atoms with Gasteiger partial charge in [0.15, 0.2) is 5.78 Å². The van der Waals surface area contributed by atoms with Crippen molar-refractivity contribution in [2.45, 2.75) is 12.8 Å². The van der Waals surface area contributed by atoms with Gasteiger partial charge in [0, 0.05) is 24.2 Å². The minimum Gasteiger partial charge on any atom is -0.507 e. The first-order valence-corrected chi connectivity index (χ1v) is 13.0. The number of hydrogen-bond donors (Lipinski definition) is 1. The summed E-state index contributed by atoms with van der Waals surface area (Å²) >= 11 is 0. The highest BCUT2D eigenvalue weighted by atomic mass is 16.5. The molecule has 0 aromatic heterocycles. The number of aromatic hydroxyl groups is 1. The Hall–Kier alpha value is -4.23. The number of rotatable bonds is 12. The normalized spacial score (nSPS) is 13.7. The minimum absolute atomic E-state index is 0.144. The summed E-state index contributed by atoms with van der Waals surface area (Å²) in [6, 6.07) is 16.2. The molecular weight excluding hydrogens is 494 g/mol. The van der Waals surface area contributed by atoms with Crippen LogP contribution in [0.5, 0.6) is 28.7 Å². The third-order valence-corrected chi connectivity index (χ3v) is 6.69. The number of ketones is 1. The number of ether oxygens (including phenoxy) is 4. The molecule has 1 heterocycles. The van der Waals surface area contributed by atoms with Crippen LogP contribution in [0.1, 0.15) is 39.9 Å². The standard InChI is InChI=1S/C32H35NO6/c1-36-26-12-13-29(31(35)21-26)30(34)15-14-28-24(20-27(37-2)22-32(28)38-3)9-6-23-7-10-25(11-8-23)39-19-18-33-16-4-5-17-33/h6-15,20-22,35H,4-5,16-19H2,1-3H3/b9-6+,15-14+. The summed E-state index contributed by atoms with van der Waals surface area (Å²) in [6.07, 6.45) is 9.58. The fourth-order valence-corrected chi connectivity index (χ4v) is 4.48. The van der Waals surface area contributed by atoms with E-state index >= 15 is 0 Å². The van der Waals surface area contributed by atoms with Gasteiger partial charge in [0.1, 0.15) is 35.4 Å². The van der Waals surface area contributed by atoms with Crippen molar-refractivity contribution in [2.24, 2.45) is 0 Å². The van der Waals surface area contributed by atoms with Crippen LogP contribution in [0.25, 0.3) is 18.2 Å². The number of methoxy groups -OCH3 is 3. The van der Waals surface area contributed by atoms with Gasteiger partial charge in [-0.25, -0.2) is 0 Å². The number of hydrogen-bond acceptors (Lipinski definition) is 7. The molecule has 0 unspecified atom stereocenters. The predicted octanol–water partition coefficient (Wildman–Crippen LogP) is 5.96. The van der Waals surface area contributed by atoms with Gasteiger partial charge in [-0.2, -0.15) is 0 Å². The molecule has 1 fully saturated rings. The highest BCUT2D eigenvalue weighted by Gasteiger charge is 2.13. The molecule has 1 aliphatic heterocycles. The molecule has 0 radical (unpaired) electrons. The fourth-order valence-electron chi connectivity index (χ4n) is 4.48. The van der Waals surface area contributed by atoms with Crippen molar-refractivity contribution in [1.29, 1.82) is 0 Å². The van der Waals surface area contributed by atoms with Crippen LogP contribution in [-0.2, 0) is 0 Å². The van der Waals surface area contributed by atoms with Crippen molar-refractivity contribution in [1.82, 2.24) is 4.90 Å². The lowest BCUT2D eigenvalue weighted by Crippen LogP contribution is -2.25. The van der Waals surface area contributed by atoms with Gasteiger partial charge in [-0.3, -0.25) is 9.69 Å². The third-order valence-electron chi connectivity index (χ3n) is 6.69. The first-order chi connectivity index (χ1) is 19.0. The Morgan fingerprint density at radius 3 is 2.23 bits per heavy atom. The van der Waals surface area contributed by atoms with Crippen LogP contribution in [0, 0.1) is 0 Å². The Bertz CT molecular complexity index is 1320. The van der Waals surface area contributed by atoms with Gasteiger partial charge in [0.2, 0.25) is 0 Å². The molecule has 39 heavy (non-hydrogen) atoms. The lowest BCUT2D eigenvalue weighted by Gasteiger charge is -2.14. The van der Waals surface area contributed by atoms with Crippen molar-refractivity contribution in [3.05, 3.63) is 82.9 Å². The third kappa shape index (κ3) is 7.42. The maximum absolute atomic E-state index is 12.8. The van der Waals surface area contributed by atoms with Gasteiger partial charge in [-0.1, -0.05) is 24.3 Å². The van der Waals surface area contributed by atoms with E-state index in [9.17, 15) is 9.90 Å². The number of benzene rings is 3. The molecule has 0 amide bonds. The van der Waals surface area contributed by atoms with E-state index in [1.165, 1.54) is 38.2 Å². The SMILES string of the molecule is COc1ccc(C(=O)/C=C/c2c(/C=C/c3ccc(OCCN4CCCC4)cc3)cc(OC)cc2OC)c(O)c1. The lowest BCUT2D eigenvalue weighted by molar-refractivity contribution is 0.104. The van der Waals surface area contributed by atoms with E-state index < -0.39 is 0 Å². The quantitative estimate of drug-likeness (QED) is 0.176. The molecular formula is C32H35NO6. The highest BCUT2D eigenvalue weighted by molar-refractivity contribution is 6.09. The molecule has 1 N–H and O–H groups in total.